The molecule has 2 amide bonds. The van der Waals surface area contributed by atoms with Crippen LogP contribution in [0.1, 0.15) is 54.6 Å². The van der Waals surface area contributed by atoms with E-state index in [1.54, 1.807) is 24.3 Å². The molecular formula is C31H34Cl2FN3O5S. The van der Waals surface area contributed by atoms with Crippen molar-refractivity contribution in [2.24, 2.45) is 11.1 Å². The fourth-order valence-corrected chi connectivity index (χ4v) is 8.34. The Morgan fingerprint density at radius 2 is 1.74 bits per heavy atom. The Hall–Kier alpha value is -3.18. The van der Waals surface area contributed by atoms with Crippen LogP contribution in [-0.2, 0) is 19.4 Å². The fraction of sp³-hybridized carbons (Fsp3) is 0.355. The van der Waals surface area contributed by atoms with Crippen LogP contribution in [-0.4, -0.2) is 45.7 Å². The molecule has 8 nitrogen and oxygen atoms in total. The molecule has 4 N–H and O–H groups in total. The highest BCUT2D eigenvalue weighted by Gasteiger charge is 2.65. The average Bonchev–Trinajstić information content (AvgIpc) is 3.25. The van der Waals surface area contributed by atoms with Crippen LogP contribution in [0.4, 0.5) is 10.1 Å². The number of ether oxygens (including phenoxy) is 1. The lowest BCUT2D eigenvalue weighted by molar-refractivity contribution is -0.118. The zero-order valence-corrected chi connectivity index (χ0v) is 26.7. The molecule has 0 saturated carbocycles. The van der Waals surface area contributed by atoms with Gasteiger partial charge in [-0.05, 0) is 59.4 Å². The summed E-state index contributed by atoms with van der Waals surface area (Å²) in [6.07, 6.45) is 1.40. The van der Waals surface area contributed by atoms with Gasteiger partial charge in [0, 0.05) is 28.8 Å². The number of sulfone groups is 1. The summed E-state index contributed by atoms with van der Waals surface area (Å²) in [5, 5.41) is 6.25. The highest BCUT2D eigenvalue weighted by Crippen LogP contribution is 2.55. The van der Waals surface area contributed by atoms with Crippen molar-refractivity contribution in [3.63, 3.8) is 0 Å². The lowest BCUT2D eigenvalue weighted by atomic mass is 9.73. The molecule has 1 aliphatic heterocycles. The van der Waals surface area contributed by atoms with Crippen molar-refractivity contribution in [3.05, 3.63) is 93.2 Å². The third-order valence-electron chi connectivity index (χ3n) is 7.76. The summed E-state index contributed by atoms with van der Waals surface area (Å²) in [5.41, 5.74) is 5.68. The number of carbonyl (C=O) groups is 2. The van der Waals surface area contributed by atoms with Crippen molar-refractivity contribution in [1.82, 2.24) is 5.32 Å². The van der Waals surface area contributed by atoms with Gasteiger partial charge in [0.15, 0.2) is 9.84 Å². The zero-order valence-electron chi connectivity index (χ0n) is 24.4. The fourth-order valence-electron chi connectivity index (χ4n) is 6.07. The molecule has 43 heavy (non-hydrogen) atoms. The number of nitrogens with two attached hydrogens (primary N) is 1. The number of halogens is 3. The molecule has 1 saturated heterocycles. The number of carbonyl (C=O) groups excluding carboxylic acids is 2. The van der Waals surface area contributed by atoms with Gasteiger partial charge in [-0.15, -0.1) is 0 Å². The number of nitrogens with one attached hydrogen (secondary N) is 2. The number of rotatable bonds is 8. The van der Waals surface area contributed by atoms with Gasteiger partial charge in [0.05, 0.1) is 23.9 Å². The van der Waals surface area contributed by atoms with E-state index in [2.05, 4.69) is 10.6 Å². The van der Waals surface area contributed by atoms with E-state index < -0.39 is 55.6 Å². The standard InChI is InChI=1S/C31H34Cl2FN3O5S/c1-30(2,3)16-24-31(43(5,40)41,18-10-12-19(32)13-11-18)25(20-7-6-8-21(33)26(20)34)27(37-24)29(39)36-22-14-9-17(28(35)38)15-23(22)42-4/h6-15,24-25,27,37H,16H2,1-5H3,(H2,35,38)(H,36,39). The number of methoxy groups -OCH3 is 1. The SMILES string of the molecule is COc1cc(C(N)=O)ccc1NC(=O)C1NC(CC(C)(C)C)C(c2ccc(Cl)cc2)(S(C)(=O)=O)C1c1cccc(Cl)c1F. The molecule has 1 aliphatic rings. The van der Waals surface area contributed by atoms with Gasteiger partial charge in [0.2, 0.25) is 11.8 Å². The van der Waals surface area contributed by atoms with Gasteiger partial charge in [-0.2, -0.15) is 0 Å². The van der Waals surface area contributed by atoms with Gasteiger partial charge >= 0.3 is 0 Å². The predicted octanol–water partition coefficient (Wildman–Crippen LogP) is 5.68. The topological polar surface area (TPSA) is 128 Å². The summed E-state index contributed by atoms with van der Waals surface area (Å²) in [6, 6.07) is 12.8. The maximum absolute atomic E-state index is 16.0. The summed E-state index contributed by atoms with van der Waals surface area (Å²) in [6.45, 7) is 5.87. The van der Waals surface area contributed by atoms with Crippen LogP contribution in [0.15, 0.2) is 60.7 Å². The molecule has 230 valence electrons. The van der Waals surface area contributed by atoms with E-state index in [1.807, 2.05) is 20.8 Å². The van der Waals surface area contributed by atoms with E-state index in [4.69, 9.17) is 33.7 Å². The van der Waals surface area contributed by atoms with Gasteiger partial charge in [0.25, 0.3) is 0 Å². The van der Waals surface area contributed by atoms with Gasteiger partial charge in [-0.1, -0.05) is 68.2 Å². The number of hydrogen-bond acceptors (Lipinski definition) is 6. The van der Waals surface area contributed by atoms with Crippen LogP contribution in [0, 0.1) is 11.2 Å². The summed E-state index contributed by atoms with van der Waals surface area (Å²) >= 11 is 12.4. The second kappa shape index (κ2) is 12.1. The van der Waals surface area contributed by atoms with E-state index in [-0.39, 0.29) is 27.6 Å². The Kier molecular flexibility index (Phi) is 9.19. The molecule has 4 atom stereocenters. The van der Waals surface area contributed by atoms with E-state index in [0.717, 1.165) is 6.26 Å². The first-order valence-corrected chi connectivity index (χ1v) is 16.1. The van der Waals surface area contributed by atoms with Crippen LogP contribution in [0.2, 0.25) is 10.0 Å². The largest absolute Gasteiger partial charge is 0.495 e. The van der Waals surface area contributed by atoms with Gasteiger partial charge in [-0.3, -0.25) is 9.59 Å². The molecule has 4 rings (SSSR count). The Morgan fingerprint density at radius 3 is 2.30 bits per heavy atom. The minimum atomic E-state index is -4.12. The number of benzene rings is 3. The second-order valence-electron chi connectivity index (χ2n) is 11.9. The molecule has 3 aromatic rings. The van der Waals surface area contributed by atoms with E-state index in [1.165, 1.54) is 43.5 Å². The molecule has 0 spiro atoms. The highest BCUT2D eigenvalue weighted by molar-refractivity contribution is 7.91. The number of hydrogen-bond donors (Lipinski definition) is 3. The quantitative estimate of drug-likeness (QED) is 0.288. The normalized spacial score (nSPS) is 22.3. The minimum absolute atomic E-state index is 0.0343. The molecule has 12 heteroatoms. The monoisotopic (exact) mass is 649 g/mol. The second-order valence-corrected chi connectivity index (χ2v) is 15.0. The van der Waals surface area contributed by atoms with Crippen molar-refractivity contribution in [1.29, 1.82) is 0 Å². The van der Waals surface area contributed by atoms with Crippen LogP contribution in [0.3, 0.4) is 0 Å². The highest BCUT2D eigenvalue weighted by atomic mass is 35.5. The van der Waals surface area contributed by atoms with E-state index in [9.17, 15) is 18.0 Å². The molecule has 3 aromatic carbocycles. The first-order valence-electron chi connectivity index (χ1n) is 13.5. The average molecular weight is 651 g/mol. The Bertz CT molecular complexity index is 1660. The third-order valence-corrected chi connectivity index (χ3v) is 10.3. The first kappa shape index (κ1) is 32.7. The van der Waals surface area contributed by atoms with Crippen molar-refractivity contribution in [3.8, 4) is 5.75 Å². The van der Waals surface area contributed by atoms with Crippen LogP contribution >= 0.6 is 23.2 Å². The van der Waals surface area contributed by atoms with Crippen molar-refractivity contribution in [2.45, 2.75) is 49.9 Å². The van der Waals surface area contributed by atoms with Gasteiger partial charge in [0.1, 0.15) is 16.3 Å². The van der Waals surface area contributed by atoms with Crippen LogP contribution < -0.4 is 21.1 Å². The molecule has 0 radical (unpaired) electrons. The van der Waals surface area contributed by atoms with Gasteiger partial charge < -0.3 is 21.1 Å². The molecular weight excluding hydrogens is 616 g/mol. The van der Waals surface area contributed by atoms with Crippen LogP contribution in [0.25, 0.3) is 0 Å². The lowest BCUT2D eigenvalue weighted by Crippen LogP contribution is -2.50. The maximum Gasteiger partial charge on any atom is 0.248 e. The van der Waals surface area contributed by atoms with Crippen LogP contribution in [0.5, 0.6) is 5.75 Å². The maximum atomic E-state index is 16.0. The Morgan fingerprint density at radius 1 is 1.09 bits per heavy atom. The zero-order chi connectivity index (χ0) is 31.9. The summed E-state index contributed by atoms with van der Waals surface area (Å²) < 4.78 is 48.0. The first-order chi connectivity index (χ1) is 20.0. The Balaban J connectivity index is 2.00. The van der Waals surface area contributed by atoms with E-state index >= 15 is 4.39 Å². The number of primary amides is 1. The van der Waals surface area contributed by atoms with Crippen molar-refractivity contribution < 1.29 is 27.1 Å². The molecule has 4 unspecified atom stereocenters. The summed E-state index contributed by atoms with van der Waals surface area (Å²) in [5.74, 6) is -3.27. The van der Waals surface area contributed by atoms with Crippen molar-refractivity contribution >= 4 is 50.5 Å². The number of amides is 2. The van der Waals surface area contributed by atoms with Crippen molar-refractivity contribution in [2.75, 3.05) is 18.7 Å². The third kappa shape index (κ3) is 6.24. The molecule has 0 bridgehead atoms. The summed E-state index contributed by atoms with van der Waals surface area (Å²) in [4.78, 5) is 25.9. The molecule has 1 heterocycles. The predicted molar refractivity (Wildman–Crippen MR) is 167 cm³/mol. The number of anilines is 1. The van der Waals surface area contributed by atoms with Gasteiger partial charge in [-0.25, -0.2) is 12.8 Å². The molecule has 0 aliphatic carbocycles. The minimum Gasteiger partial charge on any atom is -0.495 e. The lowest BCUT2D eigenvalue weighted by Gasteiger charge is -2.41. The summed E-state index contributed by atoms with van der Waals surface area (Å²) in [7, 11) is -2.75. The molecule has 0 aromatic heterocycles. The van der Waals surface area contributed by atoms with E-state index in [0.29, 0.717) is 17.0 Å². The Labute approximate surface area is 261 Å². The molecule has 1 fully saturated rings. The smallest absolute Gasteiger partial charge is 0.248 e.